The second kappa shape index (κ2) is 9.20. The topological polar surface area (TPSA) is 91.3 Å². The number of carbonyl (C=O) groups excluding carboxylic acids is 2. The zero-order chi connectivity index (χ0) is 20.9. The minimum absolute atomic E-state index is 0.181. The van der Waals surface area contributed by atoms with E-state index in [2.05, 4.69) is 15.6 Å². The lowest BCUT2D eigenvalue weighted by molar-refractivity contribution is -0.126. The standard InChI is InChI=1S/C19H23F2N3O3S/c1-4-5-14(17(26)24-18-22-10-15(28-18)19(2,3)27)23-16(25)8-11-6-12(20)9-13(21)7-11/h6-7,9-10,14,27H,4-5,8H2,1-3H3,(H,23,25)(H,22,24,26). The highest BCUT2D eigenvalue weighted by atomic mass is 32.1. The first-order valence-corrected chi connectivity index (χ1v) is 9.64. The fourth-order valence-electron chi connectivity index (χ4n) is 2.51. The van der Waals surface area contributed by atoms with Crippen LogP contribution in [-0.4, -0.2) is 27.9 Å². The summed E-state index contributed by atoms with van der Waals surface area (Å²) in [5.74, 6) is -2.50. The molecule has 9 heteroatoms. The van der Waals surface area contributed by atoms with E-state index >= 15 is 0 Å². The van der Waals surface area contributed by atoms with Gasteiger partial charge in [-0.1, -0.05) is 24.7 Å². The fourth-order valence-corrected chi connectivity index (χ4v) is 3.33. The molecule has 0 spiro atoms. The number of hydrogen-bond acceptors (Lipinski definition) is 5. The van der Waals surface area contributed by atoms with E-state index in [-0.39, 0.29) is 12.0 Å². The molecule has 28 heavy (non-hydrogen) atoms. The number of benzene rings is 1. The van der Waals surface area contributed by atoms with Crippen LogP contribution < -0.4 is 10.6 Å². The molecule has 0 radical (unpaired) electrons. The Balaban J connectivity index is 2.02. The molecule has 0 saturated carbocycles. The Bertz CT molecular complexity index is 829. The van der Waals surface area contributed by atoms with Crippen molar-refractivity contribution in [3.63, 3.8) is 0 Å². The Kier molecular flexibility index (Phi) is 7.20. The first-order valence-electron chi connectivity index (χ1n) is 8.82. The maximum absolute atomic E-state index is 13.3. The molecule has 2 aromatic rings. The summed E-state index contributed by atoms with van der Waals surface area (Å²) in [6, 6.07) is 2.06. The molecule has 3 N–H and O–H groups in total. The molecule has 1 aromatic heterocycles. The Labute approximate surface area is 166 Å². The lowest BCUT2D eigenvalue weighted by Gasteiger charge is -2.17. The fraction of sp³-hybridized carbons (Fsp3) is 0.421. The quantitative estimate of drug-likeness (QED) is 0.622. The van der Waals surface area contributed by atoms with Crippen LogP contribution in [-0.2, 0) is 21.6 Å². The highest BCUT2D eigenvalue weighted by Crippen LogP contribution is 2.28. The molecule has 0 aliphatic carbocycles. The average molecular weight is 411 g/mol. The molecule has 1 heterocycles. The Morgan fingerprint density at radius 3 is 2.43 bits per heavy atom. The second-order valence-electron chi connectivity index (χ2n) is 6.94. The molecule has 1 aromatic carbocycles. The summed E-state index contributed by atoms with van der Waals surface area (Å²) in [6.07, 6.45) is 2.26. The molecule has 1 atom stereocenters. The molecule has 0 saturated heterocycles. The van der Waals surface area contributed by atoms with Crippen molar-refractivity contribution in [2.24, 2.45) is 0 Å². The van der Waals surface area contributed by atoms with Gasteiger partial charge in [-0.25, -0.2) is 13.8 Å². The molecule has 0 aliphatic heterocycles. The number of thiazole rings is 1. The van der Waals surface area contributed by atoms with Crippen molar-refractivity contribution < 1.29 is 23.5 Å². The highest BCUT2D eigenvalue weighted by molar-refractivity contribution is 7.15. The normalized spacial score (nSPS) is 12.5. The molecule has 6 nitrogen and oxygen atoms in total. The number of halogens is 2. The van der Waals surface area contributed by atoms with Gasteiger partial charge in [0.05, 0.1) is 16.9 Å². The van der Waals surface area contributed by atoms with Crippen molar-refractivity contribution in [3.05, 3.63) is 46.5 Å². The zero-order valence-electron chi connectivity index (χ0n) is 15.9. The number of carbonyl (C=O) groups is 2. The number of rotatable bonds is 8. The van der Waals surface area contributed by atoms with Crippen LogP contribution in [0.5, 0.6) is 0 Å². The van der Waals surface area contributed by atoms with Gasteiger partial charge < -0.3 is 15.7 Å². The minimum atomic E-state index is -1.07. The number of aliphatic hydroxyl groups is 1. The smallest absolute Gasteiger partial charge is 0.248 e. The van der Waals surface area contributed by atoms with E-state index in [1.165, 1.54) is 6.20 Å². The van der Waals surface area contributed by atoms with Gasteiger partial charge in [0.15, 0.2) is 5.13 Å². The van der Waals surface area contributed by atoms with Gasteiger partial charge in [0.1, 0.15) is 17.7 Å². The van der Waals surface area contributed by atoms with Crippen LogP contribution >= 0.6 is 11.3 Å². The van der Waals surface area contributed by atoms with E-state index in [0.717, 1.165) is 29.5 Å². The van der Waals surface area contributed by atoms with Crippen molar-refractivity contribution in [3.8, 4) is 0 Å². The number of amides is 2. The number of nitrogens with one attached hydrogen (secondary N) is 2. The van der Waals surface area contributed by atoms with E-state index < -0.39 is 35.1 Å². The molecule has 0 aliphatic rings. The molecular formula is C19H23F2N3O3S. The van der Waals surface area contributed by atoms with Crippen LogP contribution in [0.1, 0.15) is 44.1 Å². The van der Waals surface area contributed by atoms with Crippen LogP contribution in [0.25, 0.3) is 0 Å². The van der Waals surface area contributed by atoms with E-state index in [1.807, 2.05) is 6.92 Å². The lowest BCUT2D eigenvalue weighted by Crippen LogP contribution is -2.44. The van der Waals surface area contributed by atoms with E-state index in [0.29, 0.717) is 22.9 Å². The van der Waals surface area contributed by atoms with Gasteiger partial charge in [-0.05, 0) is 38.0 Å². The van der Waals surface area contributed by atoms with Crippen LogP contribution in [0.2, 0.25) is 0 Å². The van der Waals surface area contributed by atoms with Gasteiger partial charge in [0.2, 0.25) is 11.8 Å². The number of nitrogens with zero attached hydrogens (tertiary/aromatic N) is 1. The summed E-state index contributed by atoms with van der Waals surface area (Å²) in [5, 5.41) is 15.5. The van der Waals surface area contributed by atoms with Crippen molar-refractivity contribution in [1.29, 1.82) is 0 Å². The van der Waals surface area contributed by atoms with Crippen LogP contribution in [0.4, 0.5) is 13.9 Å². The second-order valence-corrected chi connectivity index (χ2v) is 7.97. The summed E-state index contributed by atoms with van der Waals surface area (Å²) < 4.78 is 26.5. The van der Waals surface area contributed by atoms with E-state index in [9.17, 15) is 23.5 Å². The lowest BCUT2D eigenvalue weighted by atomic mass is 10.1. The summed E-state index contributed by atoms with van der Waals surface area (Å²) >= 11 is 1.14. The number of hydrogen-bond donors (Lipinski definition) is 3. The minimum Gasteiger partial charge on any atom is -0.385 e. The van der Waals surface area contributed by atoms with Gasteiger partial charge in [0.25, 0.3) is 0 Å². The van der Waals surface area contributed by atoms with Crippen LogP contribution in [0.3, 0.4) is 0 Å². The average Bonchev–Trinajstić information content (AvgIpc) is 3.02. The van der Waals surface area contributed by atoms with Gasteiger partial charge in [-0.15, -0.1) is 0 Å². The first-order chi connectivity index (χ1) is 13.1. The molecule has 152 valence electrons. The predicted octanol–water partition coefficient (Wildman–Crippen LogP) is 3.11. The molecule has 2 rings (SSSR count). The SMILES string of the molecule is CCCC(NC(=O)Cc1cc(F)cc(F)c1)C(=O)Nc1ncc(C(C)(C)O)s1. The van der Waals surface area contributed by atoms with Crippen LogP contribution in [0.15, 0.2) is 24.4 Å². The van der Waals surface area contributed by atoms with Gasteiger partial charge in [-0.2, -0.15) is 0 Å². The zero-order valence-corrected chi connectivity index (χ0v) is 16.7. The van der Waals surface area contributed by atoms with Gasteiger partial charge in [0, 0.05) is 12.3 Å². The molecule has 0 bridgehead atoms. The van der Waals surface area contributed by atoms with Crippen LogP contribution in [0, 0.1) is 11.6 Å². The predicted molar refractivity (Wildman–Crippen MR) is 103 cm³/mol. The number of aromatic nitrogens is 1. The van der Waals surface area contributed by atoms with E-state index in [1.54, 1.807) is 13.8 Å². The van der Waals surface area contributed by atoms with Crippen molar-refractivity contribution in [1.82, 2.24) is 10.3 Å². The van der Waals surface area contributed by atoms with Crippen molar-refractivity contribution in [2.75, 3.05) is 5.32 Å². The third-order valence-corrected chi connectivity index (χ3v) is 5.08. The van der Waals surface area contributed by atoms with Crippen molar-refractivity contribution >= 4 is 28.3 Å². The summed E-state index contributed by atoms with van der Waals surface area (Å²) in [4.78, 5) is 29.4. The van der Waals surface area contributed by atoms with Gasteiger partial charge >= 0.3 is 0 Å². The van der Waals surface area contributed by atoms with Crippen molar-refractivity contribution in [2.45, 2.75) is 51.7 Å². The Hall–Kier alpha value is -2.39. The van der Waals surface area contributed by atoms with Gasteiger partial charge in [-0.3, -0.25) is 9.59 Å². The molecular weight excluding hydrogens is 388 g/mol. The molecule has 0 fully saturated rings. The maximum atomic E-state index is 13.3. The Morgan fingerprint density at radius 2 is 1.89 bits per heavy atom. The summed E-state index contributed by atoms with van der Waals surface area (Å²) in [7, 11) is 0. The molecule has 1 unspecified atom stereocenters. The summed E-state index contributed by atoms with van der Waals surface area (Å²) in [6.45, 7) is 5.09. The molecule has 2 amide bonds. The third kappa shape index (κ3) is 6.35. The third-order valence-electron chi connectivity index (χ3n) is 3.85. The highest BCUT2D eigenvalue weighted by Gasteiger charge is 2.23. The largest absolute Gasteiger partial charge is 0.385 e. The van der Waals surface area contributed by atoms with E-state index in [4.69, 9.17) is 0 Å². The monoisotopic (exact) mass is 411 g/mol. The summed E-state index contributed by atoms with van der Waals surface area (Å²) in [5.41, 5.74) is -0.891. The maximum Gasteiger partial charge on any atom is 0.248 e. The first kappa shape index (κ1) is 21.9. The number of anilines is 1. The Morgan fingerprint density at radius 1 is 1.25 bits per heavy atom.